The summed E-state index contributed by atoms with van der Waals surface area (Å²) >= 11 is 12.4. The Morgan fingerprint density at radius 2 is 1.97 bits per heavy atom. The Morgan fingerprint density at radius 1 is 1.20 bits per heavy atom. The van der Waals surface area contributed by atoms with Gasteiger partial charge in [0, 0.05) is 28.7 Å². The number of benzene rings is 2. The Kier molecular flexibility index (Phi) is 6.22. The fraction of sp³-hybridized carbons (Fsp3) is 0.136. The molecular formula is C22H18ClN3O2S2. The van der Waals surface area contributed by atoms with Crippen molar-refractivity contribution in [1.82, 2.24) is 15.2 Å². The first kappa shape index (κ1) is 20.7. The molecule has 30 heavy (non-hydrogen) atoms. The van der Waals surface area contributed by atoms with E-state index in [1.54, 1.807) is 18.2 Å². The minimum absolute atomic E-state index is 0.0868. The van der Waals surface area contributed by atoms with Crippen molar-refractivity contribution in [3.05, 3.63) is 75.8 Å². The number of para-hydroxylation sites is 1. The lowest BCUT2D eigenvalue weighted by molar-refractivity contribution is -0.128. The molecule has 0 unspecified atom stereocenters. The van der Waals surface area contributed by atoms with Crippen LogP contribution >= 0.6 is 35.6 Å². The average molecular weight is 456 g/mol. The number of carbonyl (C=O) groups excluding carboxylic acids is 2. The van der Waals surface area contributed by atoms with Gasteiger partial charge in [-0.2, -0.15) is 0 Å². The SMILES string of the molecule is O=C(CN1C(=O)C(=Cc2ccc(Cl)cc2)SC1=S)NCCc1c[nH]c2ccccc12. The second-order valence-corrected chi connectivity index (χ2v) is 8.89. The lowest BCUT2D eigenvalue weighted by Crippen LogP contribution is -2.40. The summed E-state index contributed by atoms with van der Waals surface area (Å²) in [5, 5.41) is 4.65. The molecule has 0 atom stereocenters. The predicted molar refractivity (Wildman–Crippen MR) is 126 cm³/mol. The second kappa shape index (κ2) is 9.04. The van der Waals surface area contributed by atoms with Crippen LogP contribution in [0.1, 0.15) is 11.1 Å². The van der Waals surface area contributed by atoms with E-state index in [0.29, 0.717) is 27.2 Å². The van der Waals surface area contributed by atoms with Crippen molar-refractivity contribution in [3.8, 4) is 0 Å². The number of hydrogen-bond acceptors (Lipinski definition) is 4. The number of nitrogens with zero attached hydrogens (tertiary/aromatic N) is 1. The number of fused-ring (bicyclic) bond motifs is 1. The van der Waals surface area contributed by atoms with Gasteiger partial charge in [-0.25, -0.2) is 0 Å². The lowest BCUT2D eigenvalue weighted by atomic mass is 10.1. The zero-order chi connectivity index (χ0) is 21.1. The molecular weight excluding hydrogens is 438 g/mol. The van der Waals surface area contributed by atoms with Crippen LogP contribution in [-0.4, -0.2) is 39.1 Å². The van der Waals surface area contributed by atoms with Crippen LogP contribution < -0.4 is 5.32 Å². The minimum Gasteiger partial charge on any atom is -0.361 e. The number of aromatic nitrogens is 1. The smallest absolute Gasteiger partial charge is 0.266 e. The zero-order valence-corrected chi connectivity index (χ0v) is 18.2. The standard InChI is InChI=1S/C22H18ClN3O2S2/c23-16-7-5-14(6-8-16)11-19-21(28)26(22(29)30-19)13-20(27)24-10-9-15-12-25-18-4-2-1-3-17(15)18/h1-8,11-12,25H,9-10,13H2,(H,24,27). The van der Waals surface area contributed by atoms with Gasteiger partial charge >= 0.3 is 0 Å². The van der Waals surface area contributed by atoms with Crippen molar-refractivity contribution in [2.75, 3.05) is 13.1 Å². The number of rotatable bonds is 6. The van der Waals surface area contributed by atoms with Crippen LogP contribution in [0, 0.1) is 0 Å². The molecule has 0 bridgehead atoms. The van der Waals surface area contributed by atoms with E-state index in [1.165, 1.54) is 16.7 Å². The molecule has 3 aromatic rings. The molecule has 2 aromatic carbocycles. The summed E-state index contributed by atoms with van der Waals surface area (Å²) in [7, 11) is 0. The lowest BCUT2D eigenvalue weighted by Gasteiger charge is -2.14. The average Bonchev–Trinajstić information content (AvgIpc) is 3.26. The summed E-state index contributed by atoms with van der Waals surface area (Å²) in [6.07, 6.45) is 4.41. The maximum absolute atomic E-state index is 12.7. The highest BCUT2D eigenvalue weighted by atomic mass is 35.5. The van der Waals surface area contributed by atoms with Crippen molar-refractivity contribution >= 4 is 68.7 Å². The first-order valence-electron chi connectivity index (χ1n) is 9.34. The van der Waals surface area contributed by atoms with Crippen molar-refractivity contribution in [2.24, 2.45) is 0 Å². The summed E-state index contributed by atoms with van der Waals surface area (Å²) in [6, 6.07) is 15.2. The van der Waals surface area contributed by atoms with Crippen molar-refractivity contribution in [3.63, 3.8) is 0 Å². The van der Waals surface area contributed by atoms with Crippen LogP contribution in [0.15, 0.2) is 59.6 Å². The highest BCUT2D eigenvalue weighted by molar-refractivity contribution is 8.26. The van der Waals surface area contributed by atoms with Crippen LogP contribution in [0.5, 0.6) is 0 Å². The number of nitrogens with one attached hydrogen (secondary N) is 2. The Hall–Kier alpha value is -2.61. The third-order valence-corrected chi connectivity index (χ3v) is 6.36. The summed E-state index contributed by atoms with van der Waals surface area (Å²) in [4.78, 5) is 30.1. The van der Waals surface area contributed by atoms with Gasteiger partial charge in [0.2, 0.25) is 5.91 Å². The van der Waals surface area contributed by atoms with E-state index in [2.05, 4.69) is 16.4 Å². The van der Waals surface area contributed by atoms with Crippen LogP contribution in [0.25, 0.3) is 17.0 Å². The fourth-order valence-corrected chi connectivity index (χ4v) is 4.60. The molecule has 0 saturated carbocycles. The molecule has 0 radical (unpaired) electrons. The Morgan fingerprint density at radius 3 is 2.77 bits per heavy atom. The maximum atomic E-state index is 12.7. The van der Waals surface area contributed by atoms with Gasteiger partial charge in [0.1, 0.15) is 10.9 Å². The predicted octanol–water partition coefficient (Wildman–Crippen LogP) is 4.38. The molecule has 2 heterocycles. The Bertz CT molecular complexity index is 1150. The fourth-order valence-electron chi connectivity index (χ4n) is 3.22. The molecule has 1 saturated heterocycles. The number of thiocarbonyl (C=S) groups is 1. The molecule has 2 amide bonds. The minimum atomic E-state index is -0.258. The van der Waals surface area contributed by atoms with E-state index in [1.807, 2.05) is 36.5 Å². The Labute approximate surface area is 188 Å². The molecule has 4 rings (SSSR count). The number of carbonyl (C=O) groups is 2. The molecule has 5 nitrogen and oxygen atoms in total. The van der Waals surface area contributed by atoms with Gasteiger partial charge in [0.05, 0.1) is 4.91 Å². The van der Waals surface area contributed by atoms with Gasteiger partial charge in [-0.05, 0) is 41.8 Å². The van der Waals surface area contributed by atoms with Crippen LogP contribution in [0.4, 0.5) is 0 Å². The number of amides is 2. The number of hydrogen-bond donors (Lipinski definition) is 2. The number of halogens is 1. The number of aromatic amines is 1. The van der Waals surface area contributed by atoms with Gasteiger partial charge < -0.3 is 10.3 Å². The van der Waals surface area contributed by atoms with E-state index in [4.69, 9.17) is 23.8 Å². The van der Waals surface area contributed by atoms with Gasteiger partial charge in [-0.1, -0.05) is 65.9 Å². The monoisotopic (exact) mass is 455 g/mol. The second-order valence-electron chi connectivity index (χ2n) is 6.78. The largest absolute Gasteiger partial charge is 0.361 e. The van der Waals surface area contributed by atoms with Crippen LogP contribution in [0.2, 0.25) is 5.02 Å². The molecule has 1 aliphatic rings. The quantitative estimate of drug-likeness (QED) is 0.427. The van der Waals surface area contributed by atoms with Gasteiger partial charge in [-0.3, -0.25) is 14.5 Å². The third-order valence-electron chi connectivity index (χ3n) is 4.73. The first-order chi connectivity index (χ1) is 14.5. The van der Waals surface area contributed by atoms with Gasteiger partial charge in [-0.15, -0.1) is 0 Å². The maximum Gasteiger partial charge on any atom is 0.266 e. The topological polar surface area (TPSA) is 65.2 Å². The third kappa shape index (κ3) is 4.59. The van der Waals surface area contributed by atoms with E-state index >= 15 is 0 Å². The van der Waals surface area contributed by atoms with Gasteiger partial charge in [0.25, 0.3) is 5.91 Å². The molecule has 8 heteroatoms. The molecule has 2 N–H and O–H groups in total. The molecule has 152 valence electrons. The normalized spacial score (nSPS) is 15.4. The molecule has 1 aromatic heterocycles. The van der Waals surface area contributed by atoms with Crippen LogP contribution in [0.3, 0.4) is 0 Å². The summed E-state index contributed by atoms with van der Waals surface area (Å²) < 4.78 is 0.381. The van der Waals surface area contributed by atoms with Crippen molar-refractivity contribution in [1.29, 1.82) is 0 Å². The van der Waals surface area contributed by atoms with E-state index < -0.39 is 0 Å². The molecule has 1 aliphatic heterocycles. The number of H-pyrrole nitrogens is 1. The highest BCUT2D eigenvalue weighted by Crippen LogP contribution is 2.32. The van der Waals surface area contributed by atoms with Crippen molar-refractivity contribution in [2.45, 2.75) is 6.42 Å². The molecule has 0 spiro atoms. The van der Waals surface area contributed by atoms with E-state index in [9.17, 15) is 9.59 Å². The molecule has 1 fully saturated rings. The summed E-state index contributed by atoms with van der Waals surface area (Å²) in [5.74, 6) is -0.495. The summed E-state index contributed by atoms with van der Waals surface area (Å²) in [6.45, 7) is 0.395. The molecule has 0 aliphatic carbocycles. The van der Waals surface area contributed by atoms with Gasteiger partial charge in [0.15, 0.2) is 0 Å². The van der Waals surface area contributed by atoms with E-state index in [-0.39, 0.29) is 18.4 Å². The van der Waals surface area contributed by atoms with E-state index in [0.717, 1.165) is 22.0 Å². The van der Waals surface area contributed by atoms with Crippen molar-refractivity contribution < 1.29 is 9.59 Å². The first-order valence-corrected chi connectivity index (χ1v) is 10.9. The number of thioether (sulfide) groups is 1. The summed E-state index contributed by atoms with van der Waals surface area (Å²) in [5.41, 5.74) is 3.06. The zero-order valence-electron chi connectivity index (χ0n) is 15.9. The van der Waals surface area contributed by atoms with Crippen LogP contribution in [-0.2, 0) is 16.0 Å². The Balaban J connectivity index is 1.33. The highest BCUT2D eigenvalue weighted by Gasteiger charge is 2.33.